The maximum Gasteiger partial charge on any atom is 0.0462 e. The summed E-state index contributed by atoms with van der Waals surface area (Å²) in [4.78, 5) is 0. The molecule has 0 radical (unpaired) electrons. The molecule has 0 aliphatic heterocycles. The molecule has 0 aromatic heterocycles. The second-order valence-corrected chi connectivity index (χ2v) is 5.37. The van der Waals surface area contributed by atoms with Gasteiger partial charge in [0.25, 0.3) is 0 Å². The zero-order chi connectivity index (χ0) is 11.1. The minimum Gasteiger partial charge on any atom is -0.396 e. The average Bonchev–Trinajstić information content (AvgIpc) is 2.70. The van der Waals surface area contributed by atoms with E-state index in [1.807, 2.05) is 0 Å². The Hall–Kier alpha value is -0.0800. The highest BCUT2D eigenvalue weighted by Crippen LogP contribution is 2.32. The molecule has 1 fully saturated rings. The van der Waals surface area contributed by atoms with Gasteiger partial charge in [0, 0.05) is 6.61 Å². The number of hydrogen-bond acceptors (Lipinski definition) is 2. The van der Waals surface area contributed by atoms with E-state index in [9.17, 15) is 5.11 Å². The summed E-state index contributed by atoms with van der Waals surface area (Å²) in [6, 6.07) is 0. The summed E-state index contributed by atoms with van der Waals surface area (Å²) in [7, 11) is 0. The Labute approximate surface area is 94.5 Å². The van der Waals surface area contributed by atoms with Gasteiger partial charge in [-0.1, -0.05) is 39.5 Å². The Kier molecular flexibility index (Phi) is 6.26. The van der Waals surface area contributed by atoms with Crippen molar-refractivity contribution in [2.45, 2.75) is 46.0 Å². The normalized spacial score (nSPS) is 20.0. The van der Waals surface area contributed by atoms with Gasteiger partial charge in [0.1, 0.15) is 0 Å². The third-order valence-electron chi connectivity index (χ3n) is 3.55. The van der Waals surface area contributed by atoms with Crippen molar-refractivity contribution in [3.8, 4) is 0 Å². The van der Waals surface area contributed by atoms with Crippen LogP contribution in [0.2, 0.25) is 0 Å². The van der Waals surface area contributed by atoms with Gasteiger partial charge in [-0.2, -0.15) is 0 Å². The van der Waals surface area contributed by atoms with Crippen molar-refractivity contribution in [3.63, 3.8) is 0 Å². The van der Waals surface area contributed by atoms with Crippen molar-refractivity contribution in [2.75, 3.05) is 19.7 Å². The molecular formula is C13H27NO. The van der Waals surface area contributed by atoms with Gasteiger partial charge in [0.2, 0.25) is 0 Å². The van der Waals surface area contributed by atoms with Crippen molar-refractivity contribution >= 4 is 0 Å². The fourth-order valence-corrected chi connectivity index (χ4v) is 2.58. The molecule has 1 unspecified atom stereocenters. The Morgan fingerprint density at radius 3 is 2.47 bits per heavy atom. The highest BCUT2D eigenvalue weighted by Gasteiger charge is 2.23. The molecule has 0 amide bonds. The summed E-state index contributed by atoms with van der Waals surface area (Å²) in [6.07, 6.45) is 6.58. The van der Waals surface area contributed by atoms with E-state index in [0.717, 1.165) is 31.3 Å². The van der Waals surface area contributed by atoms with Crippen LogP contribution in [0.4, 0.5) is 0 Å². The Morgan fingerprint density at radius 2 is 1.93 bits per heavy atom. The summed E-state index contributed by atoms with van der Waals surface area (Å²) < 4.78 is 0. The van der Waals surface area contributed by atoms with E-state index >= 15 is 0 Å². The molecule has 1 aliphatic rings. The fourth-order valence-electron chi connectivity index (χ4n) is 2.58. The predicted molar refractivity (Wildman–Crippen MR) is 64.9 cm³/mol. The standard InChI is InChI=1S/C13H27NO/c1-11(2)9-14-8-7-13(10-15)12-5-3-4-6-12/h11-15H,3-10H2,1-2H3. The fraction of sp³-hybridized carbons (Fsp3) is 1.00. The molecule has 2 heteroatoms. The summed E-state index contributed by atoms with van der Waals surface area (Å²) >= 11 is 0. The van der Waals surface area contributed by atoms with Crippen molar-refractivity contribution in [3.05, 3.63) is 0 Å². The molecule has 1 rings (SSSR count). The van der Waals surface area contributed by atoms with Gasteiger partial charge in [-0.3, -0.25) is 0 Å². The molecule has 1 aliphatic carbocycles. The number of aliphatic hydroxyl groups excluding tert-OH is 1. The molecule has 0 bridgehead atoms. The van der Waals surface area contributed by atoms with Crippen molar-refractivity contribution in [1.82, 2.24) is 5.32 Å². The van der Waals surface area contributed by atoms with E-state index in [2.05, 4.69) is 19.2 Å². The van der Waals surface area contributed by atoms with Crippen LogP contribution in [0.1, 0.15) is 46.0 Å². The van der Waals surface area contributed by atoms with Crippen molar-refractivity contribution in [2.24, 2.45) is 17.8 Å². The van der Waals surface area contributed by atoms with Crippen LogP contribution >= 0.6 is 0 Å². The molecule has 0 saturated heterocycles. The summed E-state index contributed by atoms with van der Waals surface area (Å²) in [5.74, 6) is 2.08. The van der Waals surface area contributed by atoms with Gasteiger partial charge >= 0.3 is 0 Å². The summed E-state index contributed by atoms with van der Waals surface area (Å²) in [6.45, 7) is 7.01. The quantitative estimate of drug-likeness (QED) is 0.637. The first-order valence-corrected chi connectivity index (χ1v) is 6.55. The Bertz CT molecular complexity index is 153. The minimum absolute atomic E-state index is 0.383. The Morgan fingerprint density at radius 1 is 1.27 bits per heavy atom. The topological polar surface area (TPSA) is 32.3 Å². The van der Waals surface area contributed by atoms with Crippen molar-refractivity contribution in [1.29, 1.82) is 0 Å². The van der Waals surface area contributed by atoms with E-state index in [1.54, 1.807) is 0 Å². The van der Waals surface area contributed by atoms with Gasteiger partial charge in [-0.25, -0.2) is 0 Å². The number of nitrogens with one attached hydrogen (secondary N) is 1. The van der Waals surface area contributed by atoms with Gasteiger partial charge in [0.05, 0.1) is 0 Å². The van der Waals surface area contributed by atoms with Crippen LogP contribution in [-0.4, -0.2) is 24.8 Å². The van der Waals surface area contributed by atoms with E-state index in [4.69, 9.17) is 0 Å². The molecule has 1 atom stereocenters. The molecule has 15 heavy (non-hydrogen) atoms. The van der Waals surface area contributed by atoms with E-state index in [1.165, 1.54) is 25.7 Å². The first-order chi connectivity index (χ1) is 7.24. The molecule has 2 nitrogen and oxygen atoms in total. The molecule has 0 spiro atoms. The van der Waals surface area contributed by atoms with Gasteiger partial charge in [-0.15, -0.1) is 0 Å². The van der Waals surface area contributed by atoms with E-state index < -0.39 is 0 Å². The molecule has 0 heterocycles. The third kappa shape index (κ3) is 4.98. The lowest BCUT2D eigenvalue weighted by molar-refractivity contribution is 0.167. The second-order valence-electron chi connectivity index (χ2n) is 5.37. The van der Waals surface area contributed by atoms with Crippen LogP contribution in [0.5, 0.6) is 0 Å². The van der Waals surface area contributed by atoms with Crippen LogP contribution in [0, 0.1) is 17.8 Å². The summed E-state index contributed by atoms with van der Waals surface area (Å²) in [5, 5.41) is 12.8. The number of hydrogen-bond donors (Lipinski definition) is 2. The minimum atomic E-state index is 0.383. The largest absolute Gasteiger partial charge is 0.396 e. The van der Waals surface area contributed by atoms with Crippen LogP contribution in [0.25, 0.3) is 0 Å². The van der Waals surface area contributed by atoms with E-state index in [0.29, 0.717) is 12.5 Å². The Balaban J connectivity index is 2.10. The SMILES string of the molecule is CC(C)CNCCC(CO)C1CCCC1. The molecular weight excluding hydrogens is 186 g/mol. The van der Waals surface area contributed by atoms with Crippen molar-refractivity contribution < 1.29 is 5.11 Å². The maximum atomic E-state index is 9.37. The monoisotopic (exact) mass is 213 g/mol. The third-order valence-corrected chi connectivity index (χ3v) is 3.55. The number of aliphatic hydroxyl groups is 1. The zero-order valence-corrected chi connectivity index (χ0v) is 10.3. The first kappa shape index (κ1) is 13.0. The molecule has 90 valence electrons. The second kappa shape index (κ2) is 7.24. The lowest BCUT2D eigenvalue weighted by Crippen LogP contribution is -2.26. The summed E-state index contributed by atoms with van der Waals surface area (Å²) in [5.41, 5.74) is 0. The molecule has 0 aromatic carbocycles. The molecule has 1 saturated carbocycles. The van der Waals surface area contributed by atoms with E-state index in [-0.39, 0.29) is 0 Å². The van der Waals surface area contributed by atoms with Gasteiger partial charge in [0.15, 0.2) is 0 Å². The zero-order valence-electron chi connectivity index (χ0n) is 10.3. The smallest absolute Gasteiger partial charge is 0.0462 e. The average molecular weight is 213 g/mol. The van der Waals surface area contributed by atoms with Gasteiger partial charge in [-0.05, 0) is 37.3 Å². The lowest BCUT2D eigenvalue weighted by Gasteiger charge is -2.21. The predicted octanol–water partition coefficient (Wildman–Crippen LogP) is 2.42. The maximum absolute atomic E-state index is 9.37. The lowest BCUT2D eigenvalue weighted by atomic mass is 9.89. The highest BCUT2D eigenvalue weighted by atomic mass is 16.3. The number of rotatable bonds is 7. The molecule has 0 aromatic rings. The van der Waals surface area contributed by atoms with Crippen LogP contribution in [0.15, 0.2) is 0 Å². The van der Waals surface area contributed by atoms with Crippen LogP contribution in [-0.2, 0) is 0 Å². The molecule has 2 N–H and O–H groups in total. The van der Waals surface area contributed by atoms with Crippen LogP contribution < -0.4 is 5.32 Å². The highest BCUT2D eigenvalue weighted by molar-refractivity contribution is 4.75. The van der Waals surface area contributed by atoms with Gasteiger partial charge < -0.3 is 10.4 Å². The first-order valence-electron chi connectivity index (χ1n) is 6.55. The van der Waals surface area contributed by atoms with Crippen LogP contribution in [0.3, 0.4) is 0 Å².